The maximum Gasteiger partial charge on any atom is 0.309 e. The van der Waals surface area contributed by atoms with Gasteiger partial charge in [0.05, 0.1) is 5.92 Å². The summed E-state index contributed by atoms with van der Waals surface area (Å²) >= 11 is 1.73. The normalized spacial score (nSPS) is 17.1. The third kappa shape index (κ3) is 2.57. The predicted molar refractivity (Wildman–Crippen MR) is 64.6 cm³/mol. The highest BCUT2D eigenvalue weighted by Gasteiger charge is 2.31. The Morgan fingerprint density at radius 3 is 2.56 bits per heavy atom. The first-order valence-corrected chi connectivity index (χ1v) is 6.49. The van der Waals surface area contributed by atoms with Gasteiger partial charge in [0, 0.05) is 24.5 Å². The molecule has 1 aliphatic heterocycles. The smallest absolute Gasteiger partial charge is 0.309 e. The van der Waals surface area contributed by atoms with Crippen molar-refractivity contribution < 1.29 is 9.90 Å². The zero-order valence-electron chi connectivity index (χ0n) is 9.22. The quantitative estimate of drug-likeness (QED) is 0.812. The van der Waals surface area contributed by atoms with E-state index in [2.05, 4.69) is 35.4 Å². The lowest BCUT2D eigenvalue weighted by Gasteiger charge is -2.36. The number of rotatable bonds is 4. The molecule has 0 amide bonds. The molecule has 0 atom stereocenters. The maximum atomic E-state index is 10.6. The lowest BCUT2D eigenvalue weighted by molar-refractivity contribution is -0.147. The van der Waals surface area contributed by atoms with Gasteiger partial charge in [-0.2, -0.15) is 0 Å². The average molecular weight is 237 g/mol. The van der Waals surface area contributed by atoms with Crippen LogP contribution in [0.25, 0.3) is 0 Å². The maximum absolute atomic E-state index is 10.6. The van der Waals surface area contributed by atoms with E-state index in [1.807, 2.05) is 0 Å². The van der Waals surface area contributed by atoms with Crippen LogP contribution in [0.1, 0.15) is 5.56 Å². The molecule has 1 aromatic rings. The Hall–Kier alpha value is -1.00. The molecule has 0 aliphatic carbocycles. The van der Waals surface area contributed by atoms with E-state index < -0.39 is 5.97 Å². The number of carboxylic acid groups (broad SMARTS) is 1. The summed E-state index contributed by atoms with van der Waals surface area (Å²) in [5.41, 5.74) is 1.25. The van der Waals surface area contributed by atoms with Gasteiger partial charge in [-0.1, -0.05) is 12.1 Å². The summed E-state index contributed by atoms with van der Waals surface area (Å²) in [4.78, 5) is 14.1. The second-order valence-corrected chi connectivity index (χ2v) is 4.96. The first-order valence-electron chi connectivity index (χ1n) is 5.27. The van der Waals surface area contributed by atoms with E-state index in [1.165, 1.54) is 10.5 Å². The van der Waals surface area contributed by atoms with Crippen molar-refractivity contribution in [3.8, 4) is 0 Å². The van der Waals surface area contributed by atoms with E-state index in [0.29, 0.717) is 13.1 Å². The lowest BCUT2D eigenvalue weighted by atomic mass is 10.00. The van der Waals surface area contributed by atoms with Crippen LogP contribution in [-0.4, -0.2) is 35.3 Å². The average Bonchev–Trinajstić information content (AvgIpc) is 2.23. The van der Waals surface area contributed by atoms with Crippen molar-refractivity contribution >= 4 is 17.7 Å². The number of likely N-dealkylation sites (tertiary alicyclic amines) is 1. The third-order valence-electron chi connectivity index (χ3n) is 2.87. The van der Waals surface area contributed by atoms with Crippen molar-refractivity contribution in [2.75, 3.05) is 19.3 Å². The van der Waals surface area contributed by atoms with Crippen LogP contribution < -0.4 is 0 Å². The number of benzene rings is 1. The monoisotopic (exact) mass is 237 g/mol. The minimum absolute atomic E-state index is 0.162. The Labute approximate surface area is 99.5 Å². The number of carboxylic acids is 1. The molecule has 1 aliphatic rings. The summed E-state index contributed by atoms with van der Waals surface area (Å²) in [6.07, 6.45) is 2.06. The van der Waals surface area contributed by atoms with Gasteiger partial charge in [-0.25, -0.2) is 0 Å². The van der Waals surface area contributed by atoms with Crippen LogP contribution in [-0.2, 0) is 11.3 Å². The number of carbonyl (C=O) groups is 1. The number of hydrogen-bond donors (Lipinski definition) is 1. The zero-order chi connectivity index (χ0) is 11.5. The molecule has 1 N–H and O–H groups in total. The standard InChI is InChI=1S/C12H15NO2S/c1-16-11-4-2-9(3-5-11)6-13-7-10(8-13)12(14)15/h2-5,10H,6-8H2,1H3,(H,14,15). The van der Waals surface area contributed by atoms with Crippen LogP contribution in [0, 0.1) is 5.92 Å². The number of nitrogens with zero attached hydrogens (tertiary/aromatic N) is 1. The zero-order valence-corrected chi connectivity index (χ0v) is 10.0. The van der Waals surface area contributed by atoms with E-state index in [0.717, 1.165) is 6.54 Å². The van der Waals surface area contributed by atoms with Gasteiger partial charge in [0.2, 0.25) is 0 Å². The topological polar surface area (TPSA) is 40.5 Å². The van der Waals surface area contributed by atoms with Gasteiger partial charge in [-0.05, 0) is 24.0 Å². The molecule has 2 rings (SSSR count). The fourth-order valence-corrected chi connectivity index (χ4v) is 2.25. The molecular formula is C12H15NO2S. The van der Waals surface area contributed by atoms with Gasteiger partial charge in [-0.15, -0.1) is 11.8 Å². The van der Waals surface area contributed by atoms with Crippen molar-refractivity contribution in [3.05, 3.63) is 29.8 Å². The van der Waals surface area contributed by atoms with Crippen LogP contribution in [0.4, 0.5) is 0 Å². The SMILES string of the molecule is CSc1ccc(CN2CC(C(=O)O)C2)cc1. The fraction of sp³-hybridized carbons (Fsp3) is 0.417. The number of hydrogen-bond acceptors (Lipinski definition) is 3. The molecule has 1 fully saturated rings. The minimum atomic E-state index is -0.672. The highest BCUT2D eigenvalue weighted by atomic mass is 32.2. The van der Waals surface area contributed by atoms with Crippen molar-refractivity contribution in [1.82, 2.24) is 4.90 Å². The van der Waals surface area contributed by atoms with Crippen LogP contribution in [0.3, 0.4) is 0 Å². The van der Waals surface area contributed by atoms with Gasteiger partial charge in [-0.3, -0.25) is 9.69 Å². The summed E-state index contributed by atoms with van der Waals surface area (Å²) in [5, 5.41) is 8.76. The summed E-state index contributed by atoms with van der Waals surface area (Å²) < 4.78 is 0. The first kappa shape index (κ1) is 11.5. The minimum Gasteiger partial charge on any atom is -0.481 e. The highest BCUT2D eigenvalue weighted by molar-refractivity contribution is 7.98. The molecule has 86 valence electrons. The molecule has 16 heavy (non-hydrogen) atoms. The van der Waals surface area contributed by atoms with Gasteiger partial charge in [0.1, 0.15) is 0 Å². The largest absolute Gasteiger partial charge is 0.481 e. The molecule has 0 aromatic heterocycles. The summed E-state index contributed by atoms with van der Waals surface area (Å²) in [6.45, 7) is 2.22. The van der Waals surface area contributed by atoms with E-state index >= 15 is 0 Å². The van der Waals surface area contributed by atoms with Crippen molar-refractivity contribution in [3.63, 3.8) is 0 Å². The molecule has 0 saturated carbocycles. The first-order chi connectivity index (χ1) is 7.69. The van der Waals surface area contributed by atoms with E-state index in [4.69, 9.17) is 5.11 Å². The van der Waals surface area contributed by atoms with Crippen LogP contribution in [0.5, 0.6) is 0 Å². The molecule has 0 radical (unpaired) electrons. The Kier molecular flexibility index (Phi) is 3.51. The molecule has 0 bridgehead atoms. The number of aliphatic carboxylic acids is 1. The second-order valence-electron chi connectivity index (χ2n) is 4.08. The van der Waals surface area contributed by atoms with E-state index in [1.54, 1.807) is 11.8 Å². The highest BCUT2D eigenvalue weighted by Crippen LogP contribution is 2.20. The molecular weight excluding hydrogens is 222 g/mol. The Bertz CT molecular complexity index is 371. The van der Waals surface area contributed by atoms with E-state index in [-0.39, 0.29) is 5.92 Å². The second kappa shape index (κ2) is 4.89. The fourth-order valence-electron chi connectivity index (χ4n) is 1.84. The Morgan fingerprint density at radius 1 is 1.44 bits per heavy atom. The van der Waals surface area contributed by atoms with Crippen LogP contribution >= 0.6 is 11.8 Å². The van der Waals surface area contributed by atoms with Gasteiger partial charge >= 0.3 is 5.97 Å². The van der Waals surface area contributed by atoms with Gasteiger partial charge < -0.3 is 5.11 Å². The molecule has 4 heteroatoms. The molecule has 0 unspecified atom stereocenters. The summed E-state index contributed by atoms with van der Waals surface area (Å²) in [5.74, 6) is -0.834. The van der Waals surface area contributed by atoms with Crippen LogP contribution in [0.15, 0.2) is 29.2 Å². The van der Waals surface area contributed by atoms with Crippen LogP contribution in [0.2, 0.25) is 0 Å². The number of thioether (sulfide) groups is 1. The van der Waals surface area contributed by atoms with Crippen molar-refractivity contribution in [2.24, 2.45) is 5.92 Å². The molecule has 1 heterocycles. The van der Waals surface area contributed by atoms with Crippen molar-refractivity contribution in [1.29, 1.82) is 0 Å². The summed E-state index contributed by atoms with van der Waals surface area (Å²) in [6, 6.07) is 8.43. The van der Waals surface area contributed by atoms with Gasteiger partial charge in [0.25, 0.3) is 0 Å². The van der Waals surface area contributed by atoms with E-state index in [9.17, 15) is 4.79 Å². The van der Waals surface area contributed by atoms with Crippen molar-refractivity contribution in [2.45, 2.75) is 11.4 Å². The summed E-state index contributed by atoms with van der Waals surface area (Å²) in [7, 11) is 0. The lowest BCUT2D eigenvalue weighted by Crippen LogP contribution is -2.49. The molecule has 1 aromatic carbocycles. The molecule has 3 nitrogen and oxygen atoms in total. The third-order valence-corrected chi connectivity index (χ3v) is 3.62. The molecule has 0 spiro atoms. The predicted octanol–water partition coefficient (Wildman–Crippen LogP) is 1.92. The van der Waals surface area contributed by atoms with Gasteiger partial charge in [0.15, 0.2) is 0 Å². The molecule has 1 saturated heterocycles. The Morgan fingerprint density at radius 2 is 2.06 bits per heavy atom. The Balaban J connectivity index is 1.84.